The van der Waals surface area contributed by atoms with Crippen LogP contribution in [0.25, 0.3) is 11.0 Å². The molecule has 1 heterocycles. The molecule has 0 aliphatic carbocycles. The number of hydrogen-bond acceptors (Lipinski definition) is 3. The number of nitrogens with one attached hydrogen (secondary N) is 2. The van der Waals surface area contributed by atoms with E-state index in [9.17, 15) is 4.79 Å². The van der Waals surface area contributed by atoms with E-state index in [0.29, 0.717) is 0 Å². The topological polar surface area (TPSA) is 63.5 Å². The Morgan fingerprint density at radius 1 is 1.00 bits per heavy atom. The van der Waals surface area contributed by atoms with Gasteiger partial charge in [-0.1, -0.05) is 36.4 Å². The number of ether oxygens (including phenoxy) is 1. The van der Waals surface area contributed by atoms with Gasteiger partial charge in [-0.2, -0.15) is 0 Å². The smallest absolute Gasteiger partial charge is 0.315 e. The van der Waals surface area contributed by atoms with Crippen LogP contribution in [0.15, 0.2) is 59.0 Å². The quantitative estimate of drug-likeness (QED) is 0.716. The highest BCUT2D eigenvalue weighted by atomic mass is 16.5. The summed E-state index contributed by atoms with van der Waals surface area (Å²) >= 11 is 0. The Labute approximate surface area is 147 Å². The van der Waals surface area contributed by atoms with Gasteiger partial charge in [-0.15, -0.1) is 0 Å². The average molecular weight is 338 g/mol. The number of para-hydroxylation sites is 2. The summed E-state index contributed by atoms with van der Waals surface area (Å²) in [6.45, 7) is 3.81. The zero-order chi connectivity index (χ0) is 17.8. The van der Waals surface area contributed by atoms with Crippen molar-refractivity contribution in [3.05, 3.63) is 65.9 Å². The summed E-state index contributed by atoms with van der Waals surface area (Å²) < 4.78 is 11.1. The highest BCUT2D eigenvalue weighted by Gasteiger charge is 2.17. The number of methoxy groups -OCH3 is 1. The molecule has 0 saturated heterocycles. The van der Waals surface area contributed by atoms with Crippen LogP contribution in [0.1, 0.15) is 37.3 Å². The van der Waals surface area contributed by atoms with E-state index >= 15 is 0 Å². The highest BCUT2D eigenvalue weighted by Crippen LogP contribution is 2.25. The van der Waals surface area contributed by atoms with Gasteiger partial charge in [-0.25, -0.2) is 4.79 Å². The molecule has 3 aromatic rings. The van der Waals surface area contributed by atoms with Crippen molar-refractivity contribution in [2.45, 2.75) is 25.9 Å². The van der Waals surface area contributed by atoms with Crippen LogP contribution in [0.2, 0.25) is 0 Å². The molecule has 2 aromatic carbocycles. The number of amides is 2. The third-order valence-electron chi connectivity index (χ3n) is 4.17. The van der Waals surface area contributed by atoms with E-state index in [1.807, 2.05) is 68.4 Å². The molecule has 25 heavy (non-hydrogen) atoms. The van der Waals surface area contributed by atoms with Crippen molar-refractivity contribution >= 4 is 17.0 Å². The molecule has 0 aliphatic rings. The van der Waals surface area contributed by atoms with Gasteiger partial charge in [-0.05, 0) is 32.0 Å². The minimum absolute atomic E-state index is 0.181. The van der Waals surface area contributed by atoms with Crippen LogP contribution >= 0.6 is 0 Å². The lowest BCUT2D eigenvalue weighted by atomic mass is 10.1. The fraction of sp³-hybridized carbons (Fsp3) is 0.250. The van der Waals surface area contributed by atoms with Crippen molar-refractivity contribution in [3.8, 4) is 5.75 Å². The second kappa shape index (κ2) is 7.30. The molecular weight excluding hydrogens is 316 g/mol. The predicted molar refractivity (Wildman–Crippen MR) is 97.7 cm³/mol. The van der Waals surface area contributed by atoms with E-state index in [2.05, 4.69) is 10.6 Å². The van der Waals surface area contributed by atoms with Gasteiger partial charge in [0.25, 0.3) is 0 Å². The first kappa shape index (κ1) is 16.9. The molecule has 0 bridgehead atoms. The number of rotatable bonds is 5. The standard InChI is InChI=1S/C20H22N2O3/c1-13(16-9-5-7-11-18(16)24-3)21-20(23)22-14(2)19-12-15-8-4-6-10-17(15)25-19/h4-14H,1-3H3,(H2,21,22,23)/t13-,14-/m0/s1. The van der Waals surface area contributed by atoms with Crippen molar-refractivity contribution in [1.82, 2.24) is 10.6 Å². The molecule has 5 heteroatoms. The van der Waals surface area contributed by atoms with E-state index in [1.165, 1.54) is 0 Å². The maximum absolute atomic E-state index is 12.3. The lowest BCUT2D eigenvalue weighted by Gasteiger charge is -2.19. The van der Waals surface area contributed by atoms with Gasteiger partial charge in [0.15, 0.2) is 0 Å². The third-order valence-corrected chi connectivity index (χ3v) is 4.17. The molecule has 0 aliphatic heterocycles. The number of hydrogen-bond donors (Lipinski definition) is 2. The maximum Gasteiger partial charge on any atom is 0.315 e. The number of benzene rings is 2. The number of carbonyl (C=O) groups is 1. The fourth-order valence-electron chi connectivity index (χ4n) is 2.82. The summed E-state index contributed by atoms with van der Waals surface area (Å²) in [6, 6.07) is 16.7. The number of urea groups is 1. The summed E-state index contributed by atoms with van der Waals surface area (Å²) in [6.07, 6.45) is 0. The Morgan fingerprint density at radius 2 is 1.68 bits per heavy atom. The third kappa shape index (κ3) is 3.76. The first-order chi connectivity index (χ1) is 12.1. The molecule has 2 atom stereocenters. The van der Waals surface area contributed by atoms with Crippen LogP contribution < -0.4 is 15.4 Å². The minimum Gasteiger partial charge on any atom is -0.496 e. The molecule has 5 nitrogen and oxygen atoms in total. The molecule has 0 saturated carbocycles. The van der Waals surface area contributed by atoms with E-state index in [0.717, 1.165) is 28.0 Å². The zero-order valence-corrected chi connectivity index (χ0v) is 14.6. The van der Waals surface area contributed by atoms with Gasteiger partial charge < -0.3 is 19.8 Å². The average Bonchev–Trinajstić information content (AvgIpc) is 3.05. The molecule has 130 valence electrons. The molecule has 0 radical (unpaired) electrons. The second-order valence-corrected chi connectivity index (χ2v) is 5.99. The molecule has 1 aromatic heterocycles. The SMILES string of the molecule is COc1ccccc1[C@H](C)NC(=O)N[C@@H](C)c1cc2ccccc2o1. The van der Waals surface area contributed by atoms with E-state index in [-0.39, 0.29) is 18.1 Å². The van der Waals surface area contributed by atoms with Crippen LogP contribution in [0.5, 0.6) is 5.75 Å². The largest absolute Gasteiger partial charge is 0.496 e. The van der Waals surface area contributed by atoms with Gasteiger partial charge in [0.1, 0.15) is 17.1 Å². The fourth-order valence-corrected chi connectivity index (χ4v) is 2.82. The molecule has 3 rings (SSSR count). The van der Waals surface area contributed by atoms with Crippen molar-refractivity contribution in [1.29, 1.82) is 0 Å². The van der Waals surface area contributed by atoms with Crippen molar-refractivity contribution in [3.63, 3.8) is 0 Å². The first-order valence-electron chi connectivity index (χ1n) is 8.27. The summed E-state index contributed by atoms with van der Waals surface area (Å²) in [5, 5.41) is 6.87. The second-order valence-electron chi connectivity index (χ2n) is 5.99. The van der Waals surface area contributed by atoms with Gasteiger partial charge >= 0.3 is 6.03 Å². The van der Waals surface area contributed by atoms with Crippen molar-refractivity contribution in [2.24, 2.45) is 0 Å². The van der Waals surface area contributed by atoms with Gasteiger partial charge in [0.05, 0.1) is 19.2 Å². The Balaban J connectivity index is 1.65. The van der Waals surface area contributed by atoms with Crippen molar-refractivity contribution < 1.29 is 13.9 Å². The van der Waals surface area contributed by atoms with Crippen LogP contribution in [-0.4, -0.2) is 13.1 Å². The van der Waals surface area contributed by atoms with E-state index < -0.39 is 0 Å². The summed E-state index contributed by atoms with van der Waals surface area (Å²) in [7, 11) is 1.62. The monoisotopic (exact) mass is 338 g/mol. The van der Waals surface area contributed by atoms with Gasteiger partial charge in [0, 0.05) is 10.9 Å². The zero-order valence-electron chi connectivity index (χ0n) is 14.6. The number of carbonyl (C=O) groups excluding carboxylic acids is 1. The maximum atomic E-state index is 12.3. The molecule has 2 N–H and O–H groups in total. The highest BCUT2D eigenvalue weighted by molar-refractivity contribution is 5.78. The van der Waals surface area contributed by atoms with Gasteiger partial charge in [-0.3, -0.25) is 0 Å². The molecule has 0 spiro atoms. The lowest BCUT2D eigenvalue weighted by molar-refractivity contribution is 0.233. The summed E-state index contributed by atoms with van der Waals surface area (Å²) in [4.78, 5) is 12.3. The van der Waals surface area contributed by atoms with Crippen LogP contribution in [-0.2, 0) is 0 Å². The number of fused-ring (bicyclic) bond motifs is 1. The summed E-state index contributed by atoms with van der Waals surface area (Å²) in [5.41, 5.74) is 1.74. The Kier molecular flexibility index (Phi) is 4.93. The molecule has 0 unspecified atom stereocenters. The van der Waals surface area contributed by atoms with E-state index in [4.69, 9.17) is 9.15 Å². The van der Waals surface area contributed by atoms with Crippen molar-refractivity contribution in [2.75, 3.05) is 7.11 Å². The minimum atomic E-state index is -0.258. The Morgan fingerprint density at radius 3 is 2.44 bits per heavy atom. The predicted octanol–water partition coefficient (Wildman–Crippen LogP) is 4.56. The van der Waals surface area contributed by atoms with Crippen LogP contribution in [0.3, 0.4) is 0 Å². The van der Waals surface area contributed by atoms with Gasteiger partial charge in [0.2, 0.25) is 0 Å². The number of furan rings is 1. The van der Waals surface area contributed by atoms with Crippen LogP contribution in [0, 0.1) is 0 Å². The summed E-state index contributed by atoms with van der Waals surface area (Å²) in [5.74, 6) is 1.47. The lowest BCUT2D eigenvalue weighted by Crippen LogP contribution is -2.38. The molecule has 0 fully saturated rings. The Bertz CT molecular complexity index is 839. The van der Waals surface area contributed by atoms with E-state index in [1.54, 1.807) is 7.11 Å². The first-order valence-corrected chi connectivity index (χ1v) is 8.27. The normalized spacial score (nSPS) is 13.2. The molecular formula is C20H22N2O3. The molecule has 2 amide bonds. The van der Waals surface area contributed by atoms with Crippen LogP contribution in [0.4, 0.5) is 4.79 Å². The Hall–Kier alpha value is -2.95.